The second-order valence-corrected chi connectivity index (χ2v) is 5.45. The fraction of sp³-hybridized carbons (Fsp3) is 0.500. The van der Waals surface area contributed by atoms with E-state index < -0.39 is 0 Å². The van der Waals surface area contributed by atoms with Crippen molar-refractivity contribution in [2.75, 3.05) is 19.8 Å². The van der Waals surface area contributed by atoms with Gasteiger partial charge in [-0.2, -0.15) is 0 Å². The number of hydrogen-bond acceptors (Lipinski definition) is 2. The third-order valence-electron chi connectivity index (χ3n) is 2.89. The molecule has 88 valence electrons. The average molecular weight is 305 g/mol. The lowest BCUT2D eigenvalue weighted by Gasteiger charge is -2.33. The van der Waals surface area contributed by atoms with Gasteiger partial charge in [-0.1, -0.05) is 33.6 Å². The molecule has 4 heteroatoms. The molecule has 0 bridgehead atoms. The van der Waals surface area contributed by atoms with E-state index in [0.29, 0.717) is 6.04 Å². The molecule has 2 rings (SSSR count). The van der Waals surface area contributed by atoms with Gasteiger partial charge in [0, 0.05) is 28.6 Å². The molecule has 1 aromatic carbocycles. The Hall–Kier alpha value is -0.0900. The van der Waals surface area contributed by atoms with Crippen LogP contribution in [0.25, 0.3) is 0 Å². The summed E-state index contributed by atoms with van der Waals surface area (Å²) < 4.78 is 6.44. The fourth-order valence-corrected chi connectivity index (χ4v) is 2.60. The number of halogens is 2. The molecule has 1 heterocycles. The summed E-state index contributed by atoms with van der Waals surface area (Å²) in [5, 5.41) is 0.827. The second-order valence-electron chi connectivity index (χ2n) is 4.13. The average Bonchev–Trinajstić information content (AvgIpc) is 2.25. The molecular formula is C12H15BrClNO. The van der Waals surface area contributed by atoms with Gasteiger partial charge in [0.1, 0.15) is 0 Å². The fourth-order valence-electron chi connectivity index (χ4n) is 1.87. The minimum atomic E-state index is 0.466. The van der Waals surface area contributed by atoms with Crippen LogP contribution in [0.4, 0.5) is 0 Å². The lowest BCUT2D eigenvalue weighted by molar-refractivity contribution is -0.00435. The van der Waals surface area contributed by atoms with Gasteiger partial charge in [0.15, 0.2) is 0 Å². The summed E-state index contributed by atoms with van der Waals surface area (Å²) >= 11 is 9.62. The normalized spacial score (nSPS) is 22.3. The number of morpholine rings is 1. The summed E-state index contributed by atoms with van der Waals surface area (Å²) in [6, 6.07) is 6.52. The zero-order chi connectivity index (χ0) is 11.5. The second kappa shape index (κ2) is 5.50. The number of hydrogen-bond donors (Lipinski definition) is 0. The highest BCUT2D eigenvalue weighted by atomic mass is 79.9. The first-order valence-corrected chi connectivity index (χ1v) is 6.59. The monoisotopic (exact) mass is 303 g/mol. The zero-order valence-electron chi connectivity index (χ0n) is 9.25. The van der Waals surface area contributed by atoms with Crippen molar-refractivity contribution in [3.05, 3.63) is 33.3 Å². The van der Waals surface area contributed by atoms with E-state index in [1.807, 2.05) is 12.1 Å². The molecule has 2 nitrogen and oxygen atoms in total. The molecule has 0 aliphatic carbocycles. The Labute approximate surface area is 110 Å². The molecule has 0 amide bonds. The minimum Gasteiger partial charge on any atom is -0.379 e. The van der Waals surface area contributed by atoms with E-state index in [9.17, 15) is 0 Å². The predicted molar refractivity (Wildman–Crippen MR) is 69.8 cm³/mol. The van der Waals surface area contributed by atoms with Gasteiger partial charge in [0.25, 0.3) is 0 Å². The summed E-state index contributed by atoms with van der Waals surface area (Å²) in [5.41, 5.74) is 1.18. The lowest BCUT2D eigenvalue weighted by Crippen LogP contribution is -2.42. The Balaban J connectivity index is 2.07. The van der Waals surface area contributed by atoms with Crippen LogP contribution in [0.5, 0.6) is 0 Å². The van der Waals surface area contributed by atoms with E-state index in [4.69, 9.17) is 16.3 Å². The van der Waals surface area contributed by atoms with E-state index >= 15 is 0 Å². The Bertz CT molecular complexity index is 372. The van der Waals surface area contributed by atoms with Gasteiger partial charge in [-0.25, -0.2) is 0 Å². The van der Waals surface area contributed by atoms with Crippen molar-refractivity contribution < 1.29 is 4.74 Å². The molecule has 1 unspecified atom stereocenters. The van der Waals surface area contributed by atoms with Crippen molar-refractivity contribution in [3.63, 3.8) is 0 Å². The molecule has 1 fully saturated rings. The Kier molecular flexibility index (Phi) is 4.25. The van der Waals surface area contributed by atoms with Gasteiger partial charge in [-0.05, 0) is 24.6 Å². The molecule has 1 aliphatic rings. The number of rotatable bonds is 2. The molecular weight excluding hydrogens is 289 g/mol. The van der Waals surface area contributed by atoms with Crippen molar-refractivity contribution in [3.8, 4) is 0 Å². The van der Waals surface area contributed by atoms with E-state index in [0.717, 1.165) is 35.8 Å². The molecule has 0 saturated carbocycles. The van der Waals surface area contributed by atoms with E-state index in [2.05, 4.69) is 33.8 Å². The number of nitrogens with zero attached hydrogens (tertiary/aromatic N) is 1. The topological polar surface area (TPSA) is 12.5 Å². The van der Waals surface area contributed by atoms with Gasteiger partial charge in [-0.15, -0.1) is 0 Å². The quantitative estimate of drug-likeness (QED) is 0.831. The Morgan fingerprint density at radius 1 is 1.56 bits per heavy atom. The van der Waals surface area contributed by atoms with Crippen LogP contribution >= 0.6 is 27.5 Å². The van der Waals surface area contributed by atoms with Gasteiger partial charge in [0.05, 0.1) is 13.2 Å². The van der Waals surface area contributed by atoms with Gasteiger partial charge >= 0.3 is 0 Å². The maximum Gasteiger partial charge on any atom is 0.0619 e. The summed E-state index contributed by atoms with van der Waals surface area (Å²) in [4.78, 5) is 2.40. The Morgan fingerprint density at radius 2 is 2.38 bits per heavy atom. The molecule has 0 spiro atoms. The molecule has 0 radical (unpaired) electrons. The minimum absolute atomic E-state index is 0.466. The molecule has 1 aliphatic heterocycles. The summed E-state index contributed by atoms with van der Waals surface area (Å²) in [7, 11) is 0. The molecule has 1 aromatic rings. The van der Waals surface area contributed by atoms with Crippen molar-refractivity contribution in [2.45, 2.75) is 19.5 Å². The molecule has 1 saturated heterocycles. The van der Waals surface area contributed by atoms with Crippen molar-refractivity contribution >= 4 is 27.5 Å². The largest absolute Gasteiger partial charge is 0.379 e. The molecule has 16 heavy (non-hydrogen) atoms. The summed E-state index contributed by atoms with van der Waals surface area (Å²) in [6.45, 7) is 5.70. The van der Waals surface area contributed by atoms with Crippen molar-refractivity contribution in [1.29, 1.82) is 0 Å². The maximum absolute atomic E-state index is 6.21. The lowest BCUT2D eigenvalue weighted by atomic mass is 10.1. The van der Waals surface area contributed by atoms with Crippen LogP contribution < -0.4 is 0 Å². The van der Waals surface area contributed by atoms with E-state index in [-0.39, 0.29) is 0 Å². The smallest absolute Gasteiger partial charge is 0.0619 e. The van der Waals surface area contributed by atoms with Gasteiger partial charge in [-0.3, -0.25) is 4.90 Å². The SMILES string of the molecule is CC1COCCN1Cc1ccc(Br)cc1Cl. The first-order chi connectivity index (χ1) is 7.66. The highest BCUT2D eigenvalue weighted by Gasteiger charge is 2.19. The molecule has 0 N–H and O–H groups in total. The number of benzene rings is 1. The third-order valence-corrected chi connectivity index (χ3v) is 3.74. The standard InChI is InChI=1S/C12H15BrClNO/c1-9-8-16-5-4-15(9)7-10-2-3-11(13)6-12(10)14/h2-3,6,9H,4-5,7-8H2,1H3. The molecule has 0 aromatic heterocycles. The first kappa shape index (κ1) is 12.4. The van der Waals surface area contributed by atoms with Crippen LogP contribution in [-0.4, -0.2) is 30.7 Å². The van der Waals surface area contributed by atoms with E-state index in [1.54, 1.807) is 0 Å². The van der Waals surface area contributed by atoms with Crippen LogP contribution in [0, 0.1) is 0 Å². The summed E-state index contributed by atoms with van der Waals surface area (Å²) in [6.07, 6.45) is 0. The predicted octanol–water partition coefficient (Wildman–Crippen LogP) is 3.32. The number of ether oxygens (including phenoxy) is 1. The van der Waals surface area contributed by atoms with Gasteiger partial charge < -0.3 is 4.74 Å². The maximum atomic E-state index is 6.21. The van der Waals surface area contributed by atoms with Crippen LogP contribution in [0.1, 0.15) is 12.5 Å². The van der Waals surface area contributed by atoms with Crippen molar-refractivity contribution in [1.82, 2.24) is 4.90 Å². The highest BCUT2D eigenvalue weighted by Crippen LogP contribution is 2.23. The van der Waals surface area contributed by atoms with Gasteiger partial charge in [0.2, 0.25) is 0 Å². The van der Waals surface area contributed by atoms with E-state index in [1.165, 1.54) is 5.56 Å². The Morgan fingerprint density at radius 3 is 3.06 bits per heavy atom. The third kappa shape index (κ3) is 2.98. The van der Waals surface area contributed by atoms with Crippen LogP contribution in [0.2, 0.25) is 5.02 Å². The van der Waals surface area contributed by atoms with Crippen LogP contribution in [-0.2, 0) is 11.3 Å². The zero-order valence-corrected chi connectivity index (χ0v) is 11.6. The summed E-state index contributed by atoms with van der Waals surface area (Å²) in [5.74, 6) is 0. The van der Waals surface area contributed by atoms with Crippen LogP contribution in [0.15, 0.2) is 22.7 Å². The highest BCUT2D eigenvalue weighted by molar-refractivity contribution is 9.10. The molecule has 1 atom stereocenters. The first-order valence-electron chi connectivity index (χ1n) is 5.42. The van der Waals surface area contributed by atoms with Crippen LogP contribution in [0.3, 0.4) is 0 Å². The van der Waals surface area contributed by atoms with Crippen molar-refractivity contribution in [2.24, 2.45) is 0 Å².